The number of hydrogen-bond acceptors (Lipinski definition) is 4. The largest absolute Gasteiger partial charge is 0.325 e. The predicted octanol–water partition coefficient (Wildman–Crippen LogP) is -0.401. The third-order valence-electron chi connectivity index (χ3n) is 2.26. The van der Waals surface area contributed by atoms with Gasteiger partial charge in [-0.05, 0) is 6.07 Å². The van der Waals surface area contributed by atoms with Crippen LogP contribution >= 0.6 is 0 Å². The van der Waals surface area contributed by atoms with Gasteiger partial charge in [-0.15, -0.1) is 5.10 Å². The number of aryl methyl sites for hydroxylation is 2. The zero-order chi connectivity index (χ0) is 11.4. The van der Waals surface area contributed by atoms with Crippen LogP contribution in [0.25, 0.3) is 0 Å². The van der Waals surface area contributed by atoms with Gasteiger partial charge < -0.3 is 10.3 Å². The maximum absolute atomic E-state index is 11.4. The number of pyridine rings is 1. The molecule has 0 amide bonds. The van der Waals surface area contributed by atoms with Crippen LogP contribution < -0.4 is 11.3 Å². The van der Waals surface area contributed by atoms with Crippen molar-refractivity contribution in [2.24, 2.45) is 5.73 Å². The summed E-state index contributed by atoms with van der Waals surface area (Å²) in [6.45, 7) is 1.56. The molecule has 0 saturated carbocycles. The highest BCUT2D eigenvalue weighted by Gasteiger charge is 1.99. The summed E-state index contributed by atoms with van der Waals surface area (Å²) in [5.41, 5.74) is 6.16. The Morgan fingerprint density at radius 1 is 1.31 bits per heavy atom. The standard InChI is InChI=1S/C10H13N5O/c11-7-9-8-15(13-12-9)6-5-14-4-2-1-3-10(14)16/h1-4,8H,5-7,11H2. The van der Waals surface area contributed by atoms with Crippen molar-refractivity contribution in [2.75, 3.05) is 0 Å². The van der Waals surface area contributed by atoms with E-state index in [-0.39, 0.29) is 5.56 Å². The van der Waals surface area contributed by atoms with Crippen molar-refractivity contribution < 1.29 is 0 Å². The number of aromatic nitrogens is 4. The first kappa shape index (κ1) is 10.6. The highest BCUT2D eigenvalue weighted by Crippen LogP contribution is 1.92. The molecule has 6 heteroatoms. The molecule has 2 aromatic rings. The van der Waals surface area contributed by atoms with Crippen molar-refractivity contribution in [3.8, 4) is 0 Å². The second-order valence-corrected chi connectivity index (χ2v) is 3.41. The normalized spacial score (nSPS) is 10.6. The minimum Gasteiger partial charge on any atom is -0.325 e. The monoisotopic (exact) mass is 219 g/mol. The maximum atomic E-state index is 11.4. The molecule has 0 saturated heterocycles. The fraction of sp³-hybridized carbons (Fsp3) is 0.300. The van der Waals surface area contributed by atoms with Crippen LogP contribution in [0, 0.1) is 0 Å². The smallest absolute Gasteiger partial charge is 0.250 e. The maximum Gasteiger partial charge on any atom is 0.250 e. The quantitative estimate of drug-likeness (QED) is 0.758. The summed E-state index contributed by atoms with van der Waals surface area (Å²) >= 11 is 0. The van der Waals surface area contributed by atoms with E-state index < -0.39 is 0 Å². The van der Waals surface area contributed by atoms with Gasteiger partial charge in [0.05, 0.1) is 12.2 Å². The summed E-state index contributed by atoms with van der Waals surface area (Å²) in [6, 6.07) is 5.08. The first-order chi connectivity index (χ1) is 7.79. The number of hydrogen-bond donors (Lipinski definition) is 1. The minimum absolute atomic E-state index is 0.0123. The molecule has 2 aromatic heterocycles. The molecule has 6 nitrogen and oxygen atoms in total. The van der Waals surface area contributed by atoms with E-state index in [0.29, 0.717) is 19.6 Å². The number of nitrogens with zero attached hydrogens (tertiary/aromatic N) is 4. The SMILES string of the molecule is NCc1cn(CCn2ccccc2=O)nn1. The van der Waals surface area contributed by atoms with Gasteiger partial charge >= 0.3 is 0 Å². The summed E-state index contributed by atoms with van der Waals surface area (Å²) in [6.07, 6.45) is 3.54. The lowest BCUT2D eigenvalue weighted by Crippen LogP contribution is -2.20. The van der Waals surface area contributed by atoms with Gasteiger partial charge in [0.15, 0.2) is 0 Å². The van der Waals surface area contributed by atoms with Gasteiger partial charge in [-0.3, -0.25) is 9.48 Å². The van der Waals surface area contributed by atoms with Crippen molar-refractivity contribution in [2.45, 2.75) is 19.6 Å². The highest BCUT2D eigenvalue weighted by atomic mass is 16.1. The molecule has 0 aliphatic heterocycles. The Morgan fingerprint density at radius 3 is 2.88 bits per heavy atom. The van der Waals surface area contributed by atoms with Crippen LogP contribution in [0.15, 0.2) is 35.4 Å². The van der Waals surface area contributed by atoms with E-state index >= 15 is 0 Å². The van der Waals surface area contributed by atoms with Crippen molar-refractivity contribution in [1.29, 1.82) is 0 Å². The highest BCUT2D eigenvalue weighted by molar-refractivity contribution is 4.93. The van der Waals surface area contributed by atoms with E-state index in [0.717, 1.165) is 5.69 Å². The van der Waals surface area contributed by atoms with E-state index in [1.54, 1.807) is 27.7 Å². The second kappa shape index (κ2) is 4.71. The van der Waals surface area contributed by atoms with Crippen molar-refractivity contribution in [3.63, 3.8) is 0 Å². The Hall–Kier alpha value is -1.95. The second-order valence-electron chi connectivity index (χ2n) is 3.41. The Balaban J connectivity index is 2.02. The van der Waals surface area contributed by atoms with Crippen molar-refractivity contribution in [3.05, 3.63) is 46.6 Å². The van der Waals surface area contributed by atoms with E-state index in [1.807, 2.05) is 6.07 Å². The van der Waals surface area contributed by atoms with E-state index in [9.17, 15) is 4.79 Å². The van der Waals surface area contributed by atoms with Gasteiger partial charge in [0.2, 0.25) is 0 Å². The van der Waals surface area contributed by atoms with Crippen LogP contribution in [-0.4, -0.2) is 19.6 Å². The molecule has 0 aliphatic carbocycles. The molecule has 0 bridgehead atoms. The summed E-state index contributed by atoms with van der Waals surface area (Å²) in [4.78, 5) is 11.4. The number of rotatable bonds is 4. The average Bonchev–Trinajstić information content (AvgIpc) is 2.76. The Labute approximate surface area is 92.3 Å². The summed E-state index contributed by atoms with van der Waals surface area (Å²) < 4.78 is 3.31. The summed E-state index contributed by atoms with van der Waals surface area (Å²) in [5, 5.41) is 7.77. The van der Waals surface area contributed by atoms with E-state index in [4.69, 9.17) is 5.73 Å². The third-order valence-corrected chi connectivity index (χ3v) is 2.26. The van der Waals surface area contributed by atoms with Crippen LogP contribution in [0.2, 0.25) is 0 Å². The average molecular weight is 219 g/mol. The summed E-state index contributed by atoms with van der Waals surface area (Å²) in [7, 11) is 0. The zero-order valence-electron chi connectivity index (χ0n) is 8.78. The summed E-state index contributed by atoms with van der Waals surface area (Å²) in [5.74, 6) is 0. The fourth-order valence-corrected chi connectivity index (χ4v) is 1.40. The van der Waals surface area contributed by atoms with Gasteiger partial charge in [-0.2, -0.15) is 0 Å². The molecule has 16 heavy (non-hydrogen) atoms. The molecule has 0 spiro atoms. The Morgan fingerprint density at radius 2 is 2.19 bits per heavy atom. The lowest BCUT2D eigenvalue weighted by atomic mass is 10.4. The van der Waals surface area contributed by atoms with Crippen LogP contribution in [0.3, 0.4) is 0 Å². The predicted molar refractivity (Wildman–Crippen MR) is 58.6 cm³/mol. The Kier molecular flexibility index (Phi) is 3.11. The fourth-order valence-electron chi connectivity index (χ4n) is 1.40. The van der Waals surface area contributed by atoms with Crippen molar-refractivity contribution >= 4 is 0 Å². The van der Waals surface area contributed by atoms with Crippen molar-refractivity contribution in [1.82, 2.24) is 19.6 Å². The molecule has 0 aromatic carbocycles. The molecule has 84 valence electrons. The minimum atomic E-state index is -0.0123. The van der Waals surface area contributed by atoms with Crippen LogP contribution in [0.1, 0.15) is 5.69 Å². The van der Waals surface area contributed by atoms with Gasteiger partial charge in [0.25, 0.3) is 5.56 Å². The lowest BCUT2D eigenvalue weighted by Gasteiger charge is -2.03. The Bertz CT molecular complexity index is 516. The molecular weight excluding hydrogens is 206 g/mol. The lowest BCUT2D eigenvalue weighted by molar-refractivity contribution is 0.511. The van der Waals surface area contributed by atoms with E-state index in [1.165, 1.54) is 6.07 Å². The molecule has 0 aliphatic rings. The molecule has 0 unspecified atom stereocenters. The molecule has 2 rings (SSSR count). The number of nitrogens with two attached hydrogens (primary N) is 1. The molecule has 0 radical (unpaired) electrons. The van der Waals surface area contributed by atoms with Gasteiger partial charge in [-0.1, -0.05) is 11.3 Å². The van der Waals surface area contributed by atoms with Gasteiger partial charge in [0.1, 0.15) is 0 Å². The molecular formula is C10H13N5O. The van der Waals surface area contributed by atoms with Crippen LogP contribution in [0.5, 0.6) is 0 Å². The molecule has 2 N–H and O–H groups in total. The topological polar surface area (TPSA) is 78.7 Å². The molecule has 2 heterocycles. The van der Waals surface area contributed by atoms with Crippen LogP contribution in [0.4, 0.5) is 0 Å². The van der Waals surface area contributed by atoms with Crippen LogP contribution in [-0.2, 0) is 19.6 Å². The molecule has 0 atom stereocenters. The van der Waals surface area contributed by atoms with E-state index in [2.05, 4.69) is 10.3 Å². The van der Waals surface area contributed by atoms with Gasteiger partial charge in [-0.25, -0.2) is 0 Å². The first-order valence-electron chi connectivity index (χ1n) is 5.04. The third kappa shape index (κ3) is 2.34. The molecule has 0 fully saturated rings. The first-order valence-corrected chi connectivity index (χ1v) is 5.04. The zero-order valence-corrected chi connectivity index (χ0v) is 8.78. The van der Waals surface area contributed by atoms with Gasteiger partial charge in [0, 0.05) is 31.5 Å².